The molecule has 1 aromatic rings. The highest BCUT2D eigenvalue weighted by Gasteiger charge is 2.45. The van der Waals surface area contributed by atoms with Crippen LogP contribution >= 0.6 is 38.9 Å². The average molecular weight is 389 g/mol. The molecule has 2 N–H and O–H groups in total. The van der Waals surface area contributed by atoms with Crippen LogP contribution in [0.1, 0.15) is 19.3 Å². The van der Waals surface area contributed by atoms with E-state index in [0.717, 1.165) is 17.8 Å². The van der Waals surface area contributed by atoms with Gasteiger partial charge in [0, 0.05) is 6.54 Å². The van der Waals surface area contributed by atoms with Gasteiger partial charge in [0.1, 0.15) is 4.21 Å². The molecule has 1 aliphatic carbocycles. The Kier molecular flexibility index (Phi) is 4.27. The number of halogens is 2. The first-order valence-electron chi connectivity index (χ1n) is 5.45. The molecule has 1 aliphatic rings. The summed E-state index contributed by atoms with van der Waals surface area (Å²) in [6, 6.07) is 1.34. The molecule has 0 saturated heterocycles. The zero-order chi connectivity index (χ0) is 14.3. The molecule has 0 radical (unpaired) electrons. The quantitative estimate of drug-likeness (QED) is 0.812. The number of nitrogens with one attached hydrogen (secondary N) is 1. The largest absolute Gasteiger partial charge is 0.481 e. The Hall–Kier alpha value is -0.150. The Labute approximate surface area is 128 Å². The van der Waals surface area contributed by atoms with Crippen molar-refractivity contribution in [3.8, 4) is 0 Å². The molecule has 0 aliphatic heterocycles. The molecule has 0 atom stereocenters. The third-order valence-electron chi connectivity index (χ3n) is 3.25. The van der Waals surface area contributed by atoms with Crippen LogP contribution in [0.15, 0.2) is 14.1 Å². The van der Waals surface area contributed by atoms with E-state index in [0.29, 0.717) is 21.7 Å². The van der Waals surface area contributed by atoms with E-state index >= 15 is 0 Å². The van der Waals surface area contributed by atoms with Gasteiger partial charge in [0.15, 0.2) is 0 Å². The number of carboxylic acids is 1. The lowest BCUT2D eigenvalue weighted by atomic mass is 9.69. The number of aliphatic carboxylic acids is 1. The molecule has 1 saturated carbocycles. The summed E-state index contributed by atoms with van der Waals surface area (Å²) in [6.07, 6.45) is 1.81. The Bertz CT molecular complexity index is 590. The number of hydrogen-bond acceptors (Lipinski definition) is 4. The van der Waals surface area contributed by atoms with Crippen molar-refractivity contribution in [3.05, 3.63) is 14.9 Å². The van der Waals surface area contributed by atoms with Gasteiger partial charge in [0.25, 0.3) is 0 Å². The highest BCUT2D eigenvalue weighted by molar-refractivity contribution is 9.11. The predicted octanol–water partition coefficient (Wildman–Crippen LogP) is 2.70. The molecule has 0 bridgehead atoms. The van der Waals surface area contributed by atoms with Gasteiger partial charge in [-0.3, -0.25) is 4.79 Å². The second-order valence-corrected chi connectivity index (χ2v) is 9.22. The highest BCUT2D eigenvalue weighted by Crippen LogP contribution is 2.41. The van der Waals surface area contributed by atoms with Crippen LogP contribution in [0, 0.1) is 5.41 Å². The minimum atomic E-state index is -3.71. The molecule has 0 aromatic carbocycles. The molecule has 1 fully saturated rings. The van der Waals surface area contributed by atoms with Crippen LogP contribution in [0.5, 0.6) is 0 Å². The van der Waals surface area contributed by atoms with Crippen molar-refractivity contribution < 1.29 is 18.3 Å². The lowest BCUT2D eigenvalue weighted by molar-refractivity contribution is -0.153. The van der Waals surface area contributed by atoms with Crippen molar-refractivity contribution in [2.45, 2.75) is 23.5 Å². The van der Waals surface area contributed by atoms with E-state index in [-0.39, 0.29) is 10.8 Å². The fourth-order valence-corrected chi connectivity index (χ4v) is 5.40. The summed E-state index contributed by atoms with van der Waals surface area (Å²) in [5, 5.41) is 9.46. The summed E-state index contributed by atoms with van der Waals surface area (Å²) in [5.74, 6) is -0.952. The van der Waals surface area contributed by atoms with Gasteiger partial charge in [-0.15, -0.1) is 11.3 Å². The molecular formula is C10H11BrClNO4S2. The number of carbonyl (C=O) groups is 1. The van der Waals surface area contributed by atoms with E-state index in [1.54, 1.807) is 0 Å². The van der Waals surface area contributed by atoms with E-state index in [4.69, 9.17) is 16.7 Å². The standard InChI is InChI=1S/C10H11BrClNO4S2/c11-8-6(12)4-7(18-8)19(16,17)13-5-10(9(14)15)2-1-3-10/h4,13H,1-3,5H2,(H,14,15). The summed E-state index contributed by atoms with van der Waals surface area (Å²) < 4.78 is 27.0. The monoisotopic (exact) mass is 387 g/mol. The maximum Gasteiger partial charge on any atom is 0.310 e. The molecule has 0 spiro atoms. The highest BCUT2D eigenvalue weighted by atomic mass is 79.9. The zero-order valence-corrected chi connectivity index (χ0v) is 13.6. The van der Waals surface area contributed by atoms with E-state index in [1.165, 1.54) is 6.07 Å². The summed E-state index contributed by atoms with van der Waals surface area (Å²) in [4.78, 5) is 11.2. The van der Waals surface area contributed by atoms with Crippen LogP contribution < -0.4 is 4.72 Å². The fourth-order valence-electron chi connectivity index (χ4n) is 1.83. The van der Waals surface area contributed by atoms with Crippen LogP contribution in [-0.2, 0) is 14.8 Å². The topological polar surface area (TPSA) is 83.5 Å². The van der Waals surface area contributed by atoms with Crippen molar-refractivity contribution >= 4 is 54.9 Å². The van der Waals surface area contributed by atoms with E-state index in [2.05, 4.69) is 20.7 Å². The van der Waals surface area contributed by atoms with E-state index in [9.17, 15) is 13.2 Å². The number of carboxylic acid groups (broad SMARTS) is 1. The molecule has 2 rings (SSSR count). The third kappa shape index (κ3) is 2.97. The Morgan fingerprint density at radius 1 is 1.58 bits per heavy atom. The molecule has 0 unspecified atom stereocenters. The summed E-state index contributed by atoms with van der Waals surface area (Å²) in [5.41, 5.74) is -0.953. The third-order valence-corrected chi connectivity index (χ3v) is 7.60. The van der Waals surface area contributed by atoms with Crippen LogP contribution in [0.4, 0.5) is 0 Å². The first-order valence-corrected chi connectivity index (χ1v) is 8.92. The van der Waals surface area contributed by atoms with Crippen molar-refractivity contribution in [3.63, 3.8) is 0 Å². The number of hydrogen-bond donors (Lipinski definition) is 2. The van der Waals surface area contributed by atoms with Crippen LogP contribution in [-0.4, -0.2) is 26.0 Å². The summed E-state index contributed by atoms with van der Waals surface area (Å²) >= 11 is 9.93. The van der Waals surface area contributed by atoms with Crippen LogP contribution in [0.3, 0.4) is 0 Å². The van der Waals surface area contributed by atoms with Gasteiger partial charge in [-0.1, -0.05) is 18.0 Å². The number of rotatable bonds is 5. The minimum Gasteiger partial charge on any atom is -0.481 e. The minimum absolute atomic E-state index is 0.0734. The van der Waals surface area contributed by atoms with Gasteiger partial charge in [0.05, 0.1) is 14.2 Å². The maximum absolute atomic E-state index is 12.0. The SMILES string of the molecule is O=C(O)C1(CNS(=O)(=O)c2cc(Cl)c(Br)s2)CCC1. The Morgan fingerprint density at radius 2 is 2.21 bits per heavy atom. The fraction of sp³-hybridized carbons (Fsp3) is 0.500. The second-order valence-electron chi connectivity index (χ2n) is 4.45. The molecule has 9 heteroatoms. The first kappa shape index (κ1) is 15.2. The van der Waals surface area contributed by atoms with Crippen molar-refractivity contribution in [2.24, 2.45) is 5.41 Å². The van der Waals surface area contributed by atoms with Crippen LogP contribution in [0.2, 0.25) is 5.02 Å². The molecular weight excluding hydrogens is 378 g/mol. The van der Waals surface area contributed by atoms with Crippen molar-refractivity contribution in [1.29, 1.82) is 0 Å². The summed E-state index contributed by atoms with van der Waals surface area (Å²) in [7, 11) is -3.71. The smallest absolute Gasteiger partial charge is 0.310 e. The number of thiophene rings is 1. The summed E-state index contributed by atoms with van der Waals surface area (Å²) in [6.45, 7) is -0.0855. The Morgan fingerprint density at radius 3 is 2.58 bits per heavy atom. The first-order chi connectivity index (χ1) is 8.77. The maximum atomic E-state index is 12.0. The lowest BCUT2D eigenvalue weighted by Gasteiger charge is -2.37. The average Bonchev–Trinajstić information content (AvgIpc) is 2.57. The second kappa shape index (κ2) is 5.33. The molecule has 19 heavy (non-hydrogen) atoms. The van der Waals surface area contributed by atoms with Crippen LogP contribution in [0.25, 0.3) is 0 Å². The van der Waals surface area contributed by atoms with Gasteiger partial charge in [-0.25, -0.2) is 13.1 Å². The molecule has 1 heterocycles. The zero-order valence-electron chi connectivity index (χ0n) is 9.65. The van der Waals surface area contributed by atoms with Gasteiger partial charge in [-0.05, 0) is 34.8 Å². The molecule has 5 nitrogen and oxygen atoms in total. The van der Waals surface area contributed by atoms with Crippen molar-refractivity contribution in [1.82, 2.24) is 4.72 Å². The molecule has 1 aromatic heterocycles. The molecule has 106 valence electrons. The number of sulfonamides is 1. The Balaban J connectivity index is 2.12. The van der Waals surface area contributed by atoms with E-state index < -0.39 is 21.4 Å². The van der Waals surface area contributed by atoms with Gasteiger partial charge < -0.3 is 5.11 Å². The van der Waals surface area contributed by atoms with Crippen molar-refractivity contribution in [2.75, 3.05) is 6.54 Å². The normalized spacial score (nSPS) is 18.0. The van der Waals surface area contributed by atoms with Gasteiger partial charge in [0.2, 0.25) is 10.0 Å². The molecule has 0 amide bonds. The lowest BCUT2D eigenvalue weighted by Crippen LogP contribution is -2.47. The van der Waals surface area contributed by atoms with Gasteiger partial charge in [-0.2, -0.15) is 0 Å². The van der Waals surface area contributed by atoms with Gasteiger partial charge >= 0.3 is 5.97 Å². The van der Waals surface area contributed by atoms with E-state index in [1.807, 2.05) is 0 Å². The predicted molar refractivity (Wildman–Crippen MR) is 76.1 cm³/mol.